The predicted molar refractivity (Wildman–Crippen MR) is 104 cm³/mol. The molecule has 7 nitrogen and oxygen atoms in total. The zero-order chi connectivity index (χ0) is 19.4. The molecule has 1 heterocycles. The zero-order valence-electron chi connectivity index (χ0n) is 14.9. The highest BCUT2D eigenvalue weighted by Gasteiger charge is 2.13. The third-order valence-electron chi connectivity index (χ3n) is 4.06. The number of methoxy groups -OCH3 is 2. The van der Waals surface area contributed by atoms with E-state index in [4.69, 9.17) is 21.1 Å². The number of anilines is 1. The lowest BCUT2D eigenvalue weighted by atomic mass is 10.2. The lowest BCUT2D eigenvalue weighted by Gasteiger charge is -2.14. The first-order valence-electron chi connectivity index (χ1n) is 8.19. The van der Waals surface area contributed by atoms with Gasteiger partial charge in [0, 0.05) is 23.9 Å². The monoisotopic (exact) mass is 387 g/mol. The number of nitrogens with one attached hydrogen (secondary N) is 1. The highest BCUT2D eigenvalue weighted by Crippen LogP contribution is 2.35. The van der Waals surface area contributed by atoms with Gasteiger partial charge in [-0.05, 0) is 12.1 Å². The number of carbonyl (C=O) groups excluding carboxylic acids is 1. The van der Waals surface area contributed by atoms with Crippen molar-refractivity contribution in [2.75, 3.05) is 19.5 Å². The summed E-state index contributed by atoms with van der Waals surface area (Å²) in [5, 5.41) is 7.86. The van der Waals surface area contributed by atoms with Crippen LogP contribution in [0.5, 0.6) is 11.5 Å². The Morgan fingerprint density at radius 1 is 1.19 bits per heavy atom. The third kappa shape index (κ3) is 4.03. The molecule has 0 aliphatic rings. The molecule has 1 amide bonds. The van der Waals surface area contributed by atoms with Crippen LogP contribution in [0.4, 0.5) is 5.69 Å². The van der Waals surface area contributed by atoms with Crippen LogP contribution in [0, 0.1) is 0 Å². The van der Waals surface area contributed by atoms with Gasteiger partial charge in [0.1, 0.15) is 11.5 Å². The number of hydrogen-bond acceptors (Lipinski definition) is 5. The molecule has 0 radical (unpaired) electrons. The average molecular weight is 388 g/mol. The minimum absolute atomic E-state index is 0.149. The van der Waals surface area contributed by atoms with Crippen LogP contribution in [-0.2, 0) is 11.3 Å². The number of ether oxygens (including phenoxy) is 2. The standard InChI is InChI=1S/C19H18ClN3O4/c1-26-17-10-14(18(27-2)9-13(17)20)22-19(25)7-8-23-15-6-4-3-5-12(15)16(24)11-21-23/h3-6,9-11H,7-8H2,1-2H3,(H,22,25). The molecule has 1 N–H and O–H groups in total. The smallest absolute Gasteiger partial charge is 0.226 e. The van der Waals surface area contributed by atoms with E-state index in [1.54, 1.807) is 35.0 Å². The highest BCUT2D eigenvalue weighted by atomic mass is 35.5. The van der Waals surface area contributed by atoms with Crippen molar-refractivity contribution in [3.8, 4) is 11.5 Å². The molecule has 0 saturated carbocycles. The first kappa shape index (κ1) is 18.7. The second kappa shape index (κ2) is 8.09. The number of benzene rings is 2. The van der Waals surface area contributed by atoms with Crippen LogP contribution in [0.2, 0.25) is 5.02 Å². The van der Waals surface area contributed by atoms with Crippen molar-refractivity contribution >= 4 is 34.1 Å². The summed E-state index contributed by atoms with van der Waals surface area (Å²) >= 11 is 6.07. The Bertz CT molecular complexity index is 1050. The highest BCUT2D eigenvalue weighted by molar-refractivity contribution is 6.32. The van der Waals surface area contributed by atoms with Crippen LogP contribution in [0.3, 0.4) is 0 Å². The fourth-order valence-electron chi connectivity index (χ4n) is 2.72. The number of hydrogen-bond donors (Lipinski definition) is 1. The fraction of sp³-hybridized carbons (Fsp3) is 0.211. The number of para-hydroxylation sites is 1. The van der Waals surface area contributed by atoms with Crippen molar-refractivity contribution in [3.63, 3.8) is 0 Å². The van der Waals surface area contributed by atoms with Gasteiger partial charge >= 0.3 is 0 Å². The SMILES string of the molecule is COc1cc(NC(=O)CCn2ncc(=O)c3ccccc32)c(OC)cc1Cl. The zero-order valence-corrected chi connectivity index (χ0v) is 15.6. The fourth-order valence-corrected chi connectivity index (χ4v) is 2.95. The summed E-state index contributed by atoms with van der Waals surface area (Å²) in [6.45, 7) is 0.319. The molecule has 0 fully saturated rings. The van der Waals surface area contributed by atoms with E-state index in [9.17, 15) is 9.59 Å². The summed E-state index contributed by atoms with van der Waals surface area (Å²) in [6, 6.07) is 10.3. The number of rotatable bonds is 6. The van der Waals surface area contributed by atoms with E-state index in [-0.39, 0.29) is 17.8 Å². The van der Waals surface area contributed by atoms with Gasteiger partial charge < -0.3 is 14.8 Å². The van der Waals surface area contributed by atoms with Gasteiger partial charge in [-0.15, -0.1) is 0 Å². The van der Waals surface area contributed by atoms with Gasteiger partial charge in [0.15, 0.2) is 0 Å². The molecule has 0 aliphatic heterocycles. The predicted octanol–water partition coefficient (Wildman–Crippen LogP) is 3.10. The van der Waals surface area contributed by atoms with Gasteiger partial charge in [-0.25, -0.2) is 0 Å². The first-order chi connectivity index (χ1) is 13.0. The van der Waals surface area contributed by atoms with Crippen molar-refractivity contribution in [2.45, 2.75) is 13.0 Å². The number of nitrogens with zero attached hydrogens (tertiary/aromatic N) is 2. The van der Waals surface area contributed by atoms with Gasteiger partial charge in [-0.2, -0.15) is 5.10 Å². The maximum absolute atomic E-state index is 12.4. The first-order valence-corrected chi connectivity index (χ1v) is 8.57. The van der Waals surface area contributed by atoms with Crippen molar-refractivity contribution in [2.24, 2.45) is 0 Å². The number of aromatic nitrogens is 2. The van der Waals surface area contributed by atoms with Crippen LogP contribution in [0.15, 0.2) is 47.4 Å². The third-order valence-corrected chi connectivity index (χ3v) is 4.36. The summed E-state index contributed by atoms with van der Waals surface area (Å²) in [5.74, 6) is 0.629. The van der Waals surface area contributed by atoms with Gasteiger partial charge in [0.25, 0.3) is 0 Å². The molecule has 2 aromatic carbocycles. The molecule has 0 unspecified atom stereocenters. The summed E-state index contributed by atoms with van der Waals surface area (Å²) in [4.78, 5) is 24.3. The molecular weight excluding hydrogens is 370 g/mol. The van der Waals surface area contributed by atoms with E-state index < -0.39 is 0 Å². The molecular formula is C19H18ClN3O4. The number of aryl methyl sites for hydroxylation is 1. The normalized spacial score (nSPS) is 10.6. The quantitative estimate of drug-likeness (QED) is 0.702. The largest absolute Gasteiger partial charge is 0.495 e. The summed E-state index contributed by atoms with van der Waals surface area (Å²) in [5.41, 5.74) is 0.995. The average Bonchev–Trinajstić information content (AvgIpc) is 2.68. The van der Waals surface area contributed by atoms with Crippen LogP contribution in [-0.4, -0.2) is 29.9 Å². The minimum atomic E-state index is -0.234. The number of amides is 1. The van der Waals surface area contributed by atoms with Crippen molar-refractivity contribution in [1.82, 2.24) is 9.78 Å². The van der Waals surface area contributed by atoms with E-state index in [0.717, 1.165) is 0 Å². The summed E-state index contributed by atoms with van der Waals surface area (Å²) in [7, 11) is 2.98. The molecule has 0 saturated heterocycles. The van der Waals surface area contributed by atoms with E-state index in [0.29, 0.717) is 39.7 Å². The molecule has 1 aromatic heterocycles. The molecule has 0 spiro atoms. The molecule has 140 valence electrons. The molecule has 3 rings (SSSR count). The van der Waals surface area contributed by atoms with E-state index in [1.165, 1.54) is 20.4 Å². The summed E-state index contributed by atoms with van der Waals surface area (Å²) in [6.07, 6.45) is 1.42. The van der Waals surface area contributed by atoms with Crippen molar-refractivity contribution < 1.29 is 14.3 Å². The topological polar surface area (TPSA) is 82.5 Å². The molecule has 0 atom stereocenters. The Morgan fingerprint density at radius 2 is 1.93 bits per heavy atom. The number of carbonyl (C=O) groups is 1. The van der Waals surface area contributed by atoms with Gasteiger partial charge in [0.2, 0.25) is 11.3 Å². The van der Waals surface area contributed by atoms with E-state index in [2.05, 4.69) is 10.4 Å². The second-order valence-electron chi connectivity index (χ2n) is 5.73. The van der Waals surface area contributed by atoms with Gasteiger partial charge in [-0.1, -0.05) is 23.7 Å². The van der Waals surface area contributed by atoms with Crippen molar-refractivity contribution in [1.29, 1.82) is 0 Å². The van der Waals surface area contributed by atoms with Gasteiger partial charge in [-0.3, -0.25) is 14.3 Å². The lowest BCUT2D eigenvalue weighted by Crippen LogP contribution is -2.18. The van der Waals surface area contributed by atoms with Crippen LogP contribution < -0.4 is 20.2 Å². The molecule has 27 heavy (non-hydrogen) atoms. The Labute approximate surface area is 160 Å². The van der Waals surface area contributed by atoms with E-state index in [1.807, 2.05) is 6.07 Å². The van der Waals surface area contributed by atoms with Crippen LogP contribution in [0.1, 0.15) is 6.42 Å². The van der Waals surface area contributed by atoms with Crippen LogP contribution in [0.25, 0.3) is 10.9 Å². The maximum atomic E-state index is 12.4. The maximum Gasteiger partial charge on any atom is 0.226 e. The molecule has 8 heteroatoms. The lowest BCUT2D eigenvalue weighted by molar-refractivity contribution is -0.116. The van der Waals surface area contributed by atoms with E-state index >= 15 is 0 Å². The molecule has 0 bridgehead atoms. The Hall–Kier alpha value is -3.06. The molecule has 3 aromatic rings. The molecule has 0 aliphatic carbocycles. The Kier molecular flexibility index (Phi) is 5.61. The Morgan fingerprint density at radius 3 is 2.67 bits per heavy atom. The number of fused-ring (bicyclic) bond motifs is 1. The minimum Gasteiger partial charge on any atom is -0.495 e. The second-order valence-corrected chi connectivity index (χ2v) is 6.14. The van der Waals surface area contributed by atoms with Gasteiger partial charge in [0.05, 0.1) is 43.2 Å². The number of halogens is 1. The van der Waals surface area contributed by atoms with Crippen molar-refractivity contribution in [3.05, 3.63) is 57.8 Å². The van der Waals surface area contributed by atoms with Crippen LogP contribution >= 0.6 is 11.6 Å². The summed E-state index contributed by atoms with van der Waals surface area (Å²) < 4.78 is 12.1. The Balaban J connectivity index is 1.76.